The molecule has 0 aliphatic rings. The summed E-state index contributed by atoms with van der Waals surface area (Å²) in [4.78, 5) is 19.9. The number of nitrogens with one attached hydrogen (secondary N) is 1. The second kappa shape index (κ2) is 5.57. The molecule has 0 unspecified atom stereocenters. The topological polar surface area (TPSA) is 110 Å². The molecule has 0 radical (unpaired) electrons. The molecule has 0 atom stereocenters. The maximum absolute atomic E-state index is 12.9. The molecule has 1 aromatic carbocycles. The summed E-state index contributed by atoms with van der Waals surface area (Å²) in [6.07, 6.45) is 0. The van der Waals surface area contributed by atoms with Crippen LogP contribution in [0.15, 0.2) is 24.3 Å². The second-order valence-electron chi connectivity index (χ2n) is 4.39. The summed E-state index contributed by atoms with van der Waals surface area (Å²) in [7, 11) is 3.37. The van der Waals surface area contributed by atoms with Crippen LogP contribution in [0.2, 0.25) is 0 Å². The van der Waals surface area contributed by atoms with Crippen molar-refractivity contribution in [2.24, 2.45) is 0 Å². The van der Waals surface area contributed by atoms with Crippen molar-refractivity contribution in [1.29, 1.82) is 0 Å². The molecule has 0 fully saturated rings. The van der Waals surface area contributed by atoms with Gasteiger partial charge in [-0.3, -0.25) is 10.1 Å². The van der Waals surface area contributed by atoms with E-state index in [-0.39, 0.29) is 17.6 Å². The lowest BCUT2D eigenvalue weighted by atomic mass is 10.3. The van der Waals surface area contributed by atoms with Crippen molar-refractivity contribution < 1.29 is 9.31 Å². The Hall–Kier alpha value is -2.97. The van der Waals surface area contributed by atoms with Crippen molar-refractivity contribution in [1.82, 2.24) is 9.97 Å². The van der Waals surface area contributed by atoms with Crippen LogP contribution in [0.1, 0.15) is 0 Å². The number of nitrogens with two attached hydrogens (primary N) is 1. The normalized spacial score (nSPS) is 10.2. The smallest absolute Gasteiger partial charge is 0.353 e. The van der Waals surface area contributed by atoms with E-state index < -0.39 is 16.4 Å². The lowest BCUT2D eigenvalue weighted by Crippen LogP contribution is -2.16. The molecule has 21 heavy (non-hydrogen) atoms. The zero-order chi connectivity index (χ0) is 15.6. The highest BCUT2D eigenvalue weighted by Gasteiger charge is 2.23. The Balaban J connectivity index is 2.48. The number of aromatic nitrogens is 2. The van der Waals surface area contributed by atoms with Gasteiger partial charge in [0, 0.05) is 19.8 Å². The van der Waals surface area contributed by atoms with E-state index in [9.17, 15) is 14.5 Å². The first-order valence-electron chi connectivity index (χ1n) is 5.90. The molecule has 110 valence electrons. The number of hydrogen-bond acceptors (Lipinski definition) is 7. The van der Waals surface area contributed by atoms with Gasteiger partial charge in [0.05, 0.1) is 4.92 Å². The molecular weight excluding hydrogens is 279 g/mol. The van der Waals surface area contributed by atoms with Crippen LogP contribution in [-0.4, -0.2) is 29.0 Å². The fourth-order valence-corrected chi connectivity index (χ4v) is 1.60. The van der Waals surface area contributed by atoms with Crippen molar-refractivity contribution in [2.45, 2.75) is 0 Å². The lowest BCUT2D eigenvalue weighted by Gasteiger charge is -2.13. The Morgan fingerprint density at radius 2 is 1.90 bits per heavy atom. The maximum Gasteiger partial charge on any atom is 0.353 e. The van der Waals surface area contributed by atoms with E-state index in [0.29, 0.717) is 5.69 Å². The van der Waals surface area contributed by atoms with Crippen LogP contribution in [0.3, 0.4) is 0 Å². The van der Waals surface area contributed by atoms with Gasteiger partial charge in [0.15, 0.2) is 0 Å². The minimum atomic E-state index is -0.666. The van der Waals surface area contributed by atoms with Crippen molar-refractivity contribution in [3.63, 3.8) is 0 Å². The third-order valence-corrected chi connectivity index (χ3v) is 2.59. The molecule has 0 saturated carbocycles. The van der Waals surface area contributed by atoms with Crippen molar-refractivity contribution in [3.05, 3.63) is 40.2 Å². The van der Waals surface area contributed by atoms with Crippen LogP contribution in [0.5, 0.6) is 0 Å². The number of hydrogen-bond donors (Lipinski definition) is 2. The summed E-state index contributed by atoms with van der Waals surface area (Å²) in [6, 6.07) is 5.33. The third-order valence-electron chi connectivity index (χ3n) is 2.59. The van der Waals surface area contributed by atoms with E-state index in [4.69, 9.17) is 5.73 Å². The van der Waals surface area contributed by atoms with E-state index in [1.54, 1.807) is 19.0 Å². The van der Waals surface area contributed by atoms with Gasteiger partial charge < -0.3 is 16.0 Å². The molecule has 9 heteroatoms. The molecule has 0 amide bonds. The summed E-state index contributed by atoms with van der Waals surface area (Å²) in [5.74, 6) is -0.486. The molecule has 3 N–H and O–H groups in total. The third kappa shape index (κ3) is 3.14. The highest BCUT2D eigenvalue weighted by molar-refractivity contribution is 5.74. The summed E-state index contributed by atoms with van der Waals surface area (Å²) < 4.78 is 12.9. The van der Waals surface area contributed by atoms with Gasteiger partial charge in [-0.1, -0.05) is 0 Å². The Bertz CT molecular complexity index is 674. The molecule has 0 aliphatic carbocycles. The molecule has 2 rings (SSSR count). The number of nitrogens with zero attached hydrogens (tertiary/aromatic N) is 4. The highest BCUT2D eigenvalue weighted by Crippen LogP contribution is 2.31. The second-order valence-corrected chi connectivity index (χ2v) is 4.39. The zero-order valence-electron chi connectivity index (χ0n) is 11.4. The summed E-state index contributed by atoms with van der Waals surface area (Å²) in [5.41, 5.74) is 5.64. The summed E-state index contributed by atoms with van der Waals surface area (Å²) >= 11 is 0. The van der Waals surface area contributed by atoms with Crippen molar-refractivity contribution in [2.75, 3.05) is 30.0 Å². The predicted molar refractivity (Wildman–Crippen MR) is 77.1 cm³/mol. The standard InChI is InChI=1S/C12H13FN6O2/c1-18(2)12-16-10(14)9(19(20)21)11(17-12)15-8-5-3-7(13)4-6-8/h3-6H,1-2H3,(H3,14,15,16,17). The van der Waals surface area contributed by atoms with Gasteiger partial charge in [-0.05, 0) is 24.3 Å². The quantitative estimate of drug-likeness (QED) is 0.654. The molecule has 0 spiro atoms. The number of rotatable bonds is 4. The van der Waals surface area contributed by atoms with Crippen LogP contribution in [0, 0.1) is 15.9 Å². The summed E-state index contributed by atoms with van der Waals surface area (Å²) in [6.45, 7) is 0. The number of benzene rings is 1. The van der Waals surface area contributed by atoms with Gasteiger partial charge in [-0.15, -0.1) is 0 Å². The van der Waals surface area contributed by atoms with Gasteiger partial charge in [0.1, 0.15) is 5.82 Å². The minimum Gasteiger partial charge on any atom is -0.378 e. The molecule has 0 aliphatic heterocycles. The lowest BCUT2D eigenvalue weighted by molar-refractivity contribution is -0.383. The van der Waals surface area contributed by atoms with E-state index in [1.165, 1.54) is 24.3 Å². The molecule has 2 aromatic rings. The molecule has 8 nitrogen and oxygen atoms in total. The van der Waals surface area contributed by atoms with Gasteiger partial charge in [0.2, 0.25) is 17.6 Å². The maximum atomic E-state index is 12.9. The number of anilines is 4. The largest absolute Gasteiger partial charge is 0.378 e. The molecule has 1 aromatic heterocycles. The first kappa shape index (κ1) is 14.4. The van der Waals surface area contributed by atoms with E-state index in [2.05, 4.69) is 15.3 Å². The first-order valence-corrected chi connectivity index (χ1v) is 5.90. The van der Waals surface area contributed by atoms with Crippen LogP contribution in [-0.2, 0) is 0 Å². The Kier molecular flexibility index (Phi) is 3.83. The van der Waals surface area contributed by atoms with Crippen LogP contribution in [0.4, 0.5) is 33.3 Å². The van der Waals surface area contributed by atoms with E-state index in [1.807, 2.05) is 0 Å². The van der Waals surface area contributed by atoms with Crippen LogP contribution < -0.4 is 16.0 Å². The van der Waals surface area contributed by atoms with E-state index in [0.717, 1.165) is 0 Å². The first-order chi connectivity index (χ1) is 9.88. The Morgan fingerprint density at radius 1 is 1.29 bits per heavy atom. The SMILES string of the molecule is CN(C)c1nc(N)c([N+](=O)[O-])c(Nc2ccc(F)cc2)n1. The number of nitrogen functional groups attached to an aromatic ring is 1. The van der Waals surface area contributed by atoms with Gasteiger partial charge in [-0.25, -0.2) is 4.39 Å². The average molecular weight is 292 g/mol. The van der Waals surface area contributed by atoms with Crippen molar-refractivity contribution >= 4 is 29.0 Å². The molecule has 1 heterocycles. The van der Waals surface area contributed by atoms with Gasteiger partial charge in [0.25, 0.3) is 0 Å². The van der Waals surface area contributed by atoms with Gasteiger partial charge >= 0.3 is 5.69 Å². The molecule has 0 saturated heterocycles. The van der Waals surface area contributed by atoms with Gasteiger partial charge in [-0.2, -0.15) is 9.97 Å². The fourth-order valence-electron chi connectivity index (χ4n) is 1.60. The molecule has 0 bridgehead atoms. The number of nitro groups is 1. The molecular formula is C12H13FN6O2. The zero-order valence-corrected chi connectivity index (χ0v) is 11.4. The number of halogens is 1. The Labute approximate surface area is 119 Å². The monoisotopic (exact) mass is 292 g/mol. The Morgan fingerprint density at radius 3 is 2.43 bits per heavy atom. The van der Waals surface area contributed by atoms with Crippen LogP contribution in [0.25, 0.3) is 0 Å². The summed E-state index contributed by atoms with van der Waals surface area (Å²) in [5, 5.41) is 13.9. The highest BCUT2D eigenvalue weighted by atomic mass is 19.1. The van der Waals surface area contributed by atoms with Crippen molar-refractivity contribution in [3.8, 4) is 0 Å². The minimum absolute atomic E-state index is 0.0530. The van der Waals surface area contributed by atoms with Crippen LogP contribution >= 0.6 is 0 Å². The predicted octanol–water partition coefficient (Wildman–Crippen LogP) is 1.92. The average Bonchev–Trinajstić information content (AvgIpc) is 2.40. The fraction of sp³-hybridized carbons (Fsp3) is 0.167. The van der Waals surface area contributed by atoms with E-state index >= 15 is 0 Å².